The van der Waals surface area contributed by atoms with Crippen molar-refractivity contribution < 1.29 is 69.0 Å². The fourth-order valence-electron chi connectivity index (χ4n) is 6.48. The summed E-state index contributed by atoms with van der Waals surface area (Å²) in [6.07, 6.45) is 20.4. The van der Waals surface area contributed by atoms with Crippen LogP contribution in [-0.2, 0) is 33.2 Å². The molecule has 11 unspecified atom stereocenters. The summed E-state index contributed by atoms with van der Waals surface area (Å²) in [7, 11) is 0. The minimum Gasteiger partial charge on any atom is -0.457 e. The molecule has 11 atom stereocenters. The third-order valence-electron chi connectivity index (χ3n) is 10.1. The molecule has 0 bridgehead atoms. The highest BCUT2D eigenvalue weighted by atomic mass is 16.7. The van der Waals surface area contributed by atoms with E-state index in [2.05, 4.69) is 56.4 Å². The molecule has 0 aliphatic carbocycles. The Kier molecular flexibility index (Phi) is 29.8. The Labute approximate surface area is 352 Å². The second-order valence-corrected chi connectivity index (χ2v) is 15.2. The summed E-state index contributed by atoms with van der Waals surface area (Å²) in [5, 5.41) is 71.8. The van der Waals surface area contributed by atoms with Gasteiger partial charge in [-0.2, -0.15) is 0 Å². The van der Waals surface area contributed by atoms with Crippen molar-refractivity contribution in [3.05, 3.63) is 60.8 Å². The lowest BCUT2D eigenvalue weighted by molar-refractivity contribution is -0.332. The highest BCUT2D eigenvalue weighted by molar-refractivity contribution is 5.71. The van der Waals surface area contributed by atoms with E-state index in [1.165, 1.54) is 44.9 Å². The van der Waals surface area contributed by atoms with Gasteiger partial charge >= 0.3 is 5.97 Å². The van der Waals surface area contributed by atoms with Crippen molar-refractivity contribution in [2.45, 2.75) is 184 Å². The van der Waals surface area contributed by atoms with Crippen LogP contribution >= 0.6 is 0 Å². The van der Waals surface area contributed by atoms with Gasteiger partial charge in [-0.1, -0.05) is 132 Å². The van der Waals surface area contributed by atoms with Crippen LogP contribution in [0.5, 0.6) is 0 Å². The number of hydrogen-bond donors (Lipinski definition) is 7. The molecule has 2 aliphatic heterocycles. The largest absolute Gasteiger partial charge is 0.457 e. The van der Waals surface area contributed by atoms with E-state index < -0.39 is 86.7 Å². The van der Waals surface area contributed by atoms with Gasteiger partial charge in [0, 0.05) is 6.61 Å². The Morgan fingerprint density at radius 3 is 1.58 bits per heavy atom. The third-order valence-corrected chi connectivity index (χ3v) is 10.1. The van der Waals surface area contributed by atoms with Crippen LogP contribution < -0.4 is 0 Å². The van der Waals surface area contributed by atoms with Crippen LogP contribution in [0.1, 0.15) is 117 Å². The molecule has 2 fully saturated rings. The molecule has 0 aromatic rings. The Hall–Kier alpha value is -2.31. The molecule has 0 aromatic heterocycles. The van der Waals surface area contributed by atoms with Crippen molar-refractivity contribution >= 4 is 5.97 Å². The summed E-state index contributed by atoms with van der Waals surface area (Å²) in [6, 6.07) is 0. The van der Waals surface area contributed by atoms with Crippen molar-refractivity contribution in [1.29, 1.82) is 0 Å². The minimum atomic E-state index is -1.72. The Morgan fingerprint density at radius 1 is 0.559 bits per heavy atom. The number of aliphatic hydroxyl groups excluding tert-OH is 7. The zero-order valence-corrected chi connectivity index (χ0v) is 35.5. The number of unbranched alkanes of at least 4 members (excludes halogenated alkanes) is 9. The van der Waals surface area contributed by atoms with Gasteiger partial charge in [-0.3, -0.25) is 4.79 Å². The smallest absolute Gasteiger partial charge is 0.310 e. The standard InChI is InChI=1S/C45H76O14/c1-3-5-7-9-11-13-15-16-17-18-19-20-22-24-26-28-37(47)57-34(31-54-29-27-25-23-21-14-12-10-8-6-4-2)32-55-44-43(53)41(51)39(49)36(59-44)33-56-45-42(52)40(50)38(48)35(30-46)58-45/h5,7,11,13,16-17,19-20,24,26,34-36,38-46,48-53H,3-4,6,8-10,12,14-15,18,21-23,25,27-33H2,1-2H3/b7-5-,13-11-,17-16-,20-19-,26-24-. The van der Waals surface area contributed by atoms with Gasteiger partial charge in [-0.05, 0) is 38.5 Å². The zero-order chi connectivity index (χ0) is 43.1. The highest BCUT2D eigenvalue weighted by Crippen LogP contribution is 2.26. The summed E-state index contributed by atoms with van der Waals surface area (Å²) < 4.78 is 33.9. The predicted octanol–water partition coefficient (Wildman–Crippen LogP) is 4.62. The first-order chi connectivity index (χ1) is 28.6. The molecule has 7 N–H and O–H groups in total. The molecule has 2 heterocycles. The second-order valence-electron chi connectivity index (χ2n) is 15.2. The second kappa shape index (κ2) is 33.3. The Balaban J connectivity index is 1.88. The first kappa shape index (κ1) is 52.8. The van der Waals surface area contributed by atoms with Crippen molar-refractivity contribution in [2.24, 2.45) is 0 Å². The lowest BCUT2D eigenvalue weighted by Crippen LogP contribution is -2.61. The van der Waals surface area contributed by atoms with Crippen LogP contribution in [0.25, 0.3) is 0 Å². The number of esters is 1. The molecular formula is C45H76O14. The van der Waals surface area contributed by atoms with E-state index in [-0.39, 0.29) is 19.6 Å². The van der Waals surface area contributed by atoms with E-state index in [1.54, 1.807) is 6.08 Å². The van der Waals surface area contributed by atoms with Crippen LogP contribution in [-0.4, -0.2) is 142 Å². The van der Waals surface area contributed by atoms with Gasteiger partial charge in [0.05, 0.1) is 32.8 Å². The van der Waals surface area contributed by atoms with Gasteiger partial charge < -0.3 is 64.2 Å². The van der Waals surface area contributed by atoms with Crippen LogP contribution in [0.15, 0.2) is 60.8 Å². The number of ether oxygens (including phenoxy) is 6. The summed E-state index contributed by atoms with van der Waals surface area (Å²) in [5.41, 5.74) is 0. The molecule has 2 rings (SSSR count). The van der Waals surface area contributed by atoms with E-state index in [4.69, 9.17) is 28.4 Å². The monoisotopic (exact) mass is 841 g/mol. The summed E-state index contributed by atoms with van der Waals surface area (Å²) in [6.45, 7) is 3.39. The number of aliphatic hydroxyl groups is 7. The molecule has 2 aliphatic rings. The summed E-state index contributed by atoms with van der Waals surface area (Å²) in [5.74, 6) is -0.506. The molecule has 14 heteroatoms. The number of allylic oxidation sites excluding steroid dienone is 9. The molecule has 0 amide bonds. The van der Waals surface area contributed by atoms with Gasteiger partial charge in [0.15, 0.2) is 12.6 Å². The number of carbonyl (C=O) groups excluding carboxylic acids is 1. The van der Waals surface area contributed by atoms with Crippen LogP contribution in [0, 0.1) is 0 Å². The fourth-order valence-corrected chi connectivity index (χ4v) is 6.48. The van der Waals surface area contributed by atoms with Crippen molar-refractivity contribution in [2.75, 3.05) is 33.0 Å². The van der Waals surface area contributed by atoms with Crippen molar-refractivity contribution in [1.82, 2.24) is 0 Å². The maximum Gasteiger partial charge on any atom is 0.310 e. The first-order valence-corrected chi connectivity index (χ1v) is 21.9. The molecule has 0 spiro atoms. The van der Waals surface area contributed by atoms with Gasteiger partial charge in [0.2, 0.25) is 0 Å². The lowest BCUT2D eigenvalue weighted by atomic mass is 9.98. The maximum atomic E-state index is 12.8. The fraction of sp³-hybridized carbons (Fsp3) is 0.756. The molecule has 14 nitrogen and oxygen atoms in total. The van der Waals surface area contributed by atoms with E-state index in [0.717, 1.165) is 44.9 Å². The molecule has 59 heavy (non-hydrogen) atoms. The molecule has 2 saturated heterocycles. The quantitative estimate of drug-likeness (QED) is 0.0280. The minimum absolute atomic E-state index is 0.0203. The van der Waals surface area contributed by atoms with Crippen LogP contribution in [0.4, 0.5) is 0 Å². The van der Waals surface area contributed by atoms with Crippen LogP contribution in [0.3, 0.4) is 0 Å². The zero-order valence-electron chi connectivity index (χ0n) is 35.5. The molecule has 340 valence electrons. The van der Waals surface area contributed by atoms with E-state index in [0.29, 0.717) is 13.0 Å². The summed E-state index contributed by atoms with van der Waals surface area (Å²) >= 11 is 0. The maximum absolute atomic E-state index is 12.8. The van der Waals surface area contributed by atoms with Gasteiger partial charge in [0.25, 0.3) is 0 Å². The topological polar surface area (TPSA) is 214 Å². The Bertz CT molecular complexity index is 1210. The third kappa shape index (κ3) is 22.4. The van der Waals surface area contributed by atoms with E-state index >= 15 is 0 Å². The predicted molar refractivity (Wildman–Crippen MR) is 224 cm³/mol. The molecular weight excluding hydrogens is 764 g/mol. The van der Waals surface area contributed by atoms with Gasteiger partial charge in [-0.15, -0.1) is 0 Å². The number of rotatable bonds is 32. The first-order valence-electron chi connectivity index (χ1n) is 21.9. The summed E-state index contributed by atoms with van der Waals surface area (Å²) in [4.78, 5) is 12.8. The number of hydrogen-bond acceptors (Lipinski definition) is 14. The SMILES string of the molecule is CC/C=C\C/C=C\C/C=C\C/C=C\C/C=C\CC(=O)OC(COCCCCCCCCCCCC)COC1OC(COC2OC(CO)C(O)C(O)C2O)C(O)C(O)C1O. The number of carbonyl (C=O) groups is 1. The molecule has 0 radical (unpaired) electrons. The molecule has 0 aromatic carbocycles. The van der Waals surface area contributed by atoms with Gasteiger partial charge in [0.1, 0.15) is 54.9 Å². The Morgan fingerprint density at radius 2 is 1.03 bits per heavy atom. The van der Waals surface area contributed by atoms with Crippen molar-refractivity contribution in [3.63, 3.8) is 0 Å². The van der Waals surface area contributed by atoms with Crippen LogP contribution in [0.2, 0.25) is 0 Å². The average Bonchev–Trinajstić information content (AvgIpc) is 3.23. The normalized spacial score (nSPS) is 28.6. The highest BCUT2D eigenvalue weighted by Gasteiger charge is 2.47. The van der Waals surface area contributed by atoms with Gasteiger partial charge in [-0.25, -0.2) is 0 Å². The van der Waals surface area contributed by atoms with Crippen molar-refractivity contribution in [3.8, 4) is 0 Å². The van der Waals surface area contributed by atoms with E-state index in [1.807, 2.05) is 12.2 Å². The average molecular weight is 841 g/mol. The molecule has 0 saturated carbocycles. The van der Waals surface area contributed by atoms with E-state index in [9.17, 15) is 40.5 Å². The lowest BCUT2D eigenvalue weighted by Gasteiger charge is -2.42.